The van der Waals surface area contributed by atoms with E-state index in [4.69, 9.17) is 9.47 Å². The summed E-state index contributed by atoms with van der Waals surface area (Å²) < 4.78 is 10.1. The fraction of sp³-hybridized carbons (Fsp3) is 0.500. The SMILES string of the molecule is COC1=CCC(OC)=NC(N2C(=O)CCCC2=O)=N1. The summed E-state index contributed by atoms with van der Waals surface area (Å²) in [7, 11) is 2.94. The monoisotopic (exact) mass is 265 g/mol. The van der Waals surface area contributed by atoms with E-state index in [-0.39, 0.29) is 17.8 Å². The number of amides is 2. The highest BCUT2D eigenvalue weighted by molar-refractivity contribution is 6.15. The van der Waals surface area contributed by atoms with Crippen molar-refractivity contribution < 1.29 is 19.1 Å². The van der Waals surface area contributed by atoms with Crippen molar-refractivity contribution in [3.8, 4) is 0 Å². The fourth-order valence-electron chi connectivity index (χ4n) is 1.84. The number of nitrogens with zero attached hydrogens (tertiary/aromatic N) is 3. The Labute approximate surface area is 110 Å². The first-order valence-corrected chi connectivity index (χ1v) is 5.96. The molecule has 0 N–H and O–H groups in total. The van der Waals surface area contributed by atoms with E-state index in [2.05, 4.69) is 9.98 Å². The van der Waals surface area contributed by atoms with Gasteiger partial charge in [0.15, 0.2) is 5.90 Å². The topological polar surface area (TPSA) is 80.6 Å². The summed E-state index contributed by atoms with van der Waals surface area (Å²) in [5.41, 5.74) is 0. The molecule has 0 radical (unpaired) electrons. The van der Waals surface area contributed by atoms with Gasteiger partial charge in [-0.3, -0.25) is 9.59 Å². The standard InChI is InChI=1S/C12H15N3O4/c1-18-8-6-7-9(19-2)14-12(13-8)15-10(16)4-3-5-11(15)17/h6H,3-5,7H2,1-2H3. The number of aliphatic imine (C=N–C) groups is 2. The summed E-state index contributed by atoms with van der Waals surface area (Å²) in [4.78, 5) is 32.9. The number of methoxy groups -OCH3 is 2. The first kappa shape index (κ1) is 13.3. The van der Waals surface area contributed by atoms with Gasteiger partial charge in [-0.1, -0.05) is 0 Å². The number of carbonyl (C=O) groups is 2. The van der Waals surface area contributed by atoms with E-state index in [9.17, 15) is 9.59 Å². The molecule has 0 aromatic carbocycles. The van der Waals surface area contributed by atoms with E-state index in [1.54, 1.807) is 6.08 Å². The number of imide groups is 1. The molecule has 0 atom stereocenters. The molecule has 2 aliphatic heterocycles. The molecule has 102 valence electrons. The molecule has 7 heteroatoms. The molecule has 1 saturated heterocycles. The zero-order chi connectivity index (χ0) is 13.8. The molecule has 2 heterocycles. The second-order valence-electron chi connectivity index (χ2n) is 4.05. The van der Waals surface area contributed by atoms with Crippen LogP contribution in [0.4, 0.5) is 0 Å². The summed E-state index contributed by atoms with van der Waals surface area (Å²) >= 11 is 0. The van der Waals surface area contributed by atoms with Gasteiger partial charge in [0, 0.05) is 19.3 Å². The maximum atomic E-state index is 11.9. The summed E-state index contributed by atoms with van der Waals surface area (Å²) in [5.74, 6) is 0.0872. The van der Waals surface area contributed by atoms with E-state index in [1.807, 2.05) is 0 Å². The number of carbonyl (C=O) groups excluding carboxylic acids is 2. The number of hydrogen-bond donors (Lipinski definition) is 0. The number of hydrogen-bond acceptors (Lipinski definition) is 6. The lowest BCUT2D eigenvalue weighted by atomic mass is 10.1. The third-order valence-corrected chi connectivity index (χ3v) is 2.81. The Bertz CT molecular complexity index is 477. The Morgan fingerprint density at radius 3 is 2.37 bits per heavy atom. The van der Waals surface area contributed by atoms with Crippen LogP contribution in [0.15, 0.2) is 21.9 Å². The van der Waals surface area contributed by atoms with Crippen LogP contribution in [0.2, 0.25) is 0 Å². The van der Waals surface area contributed by atoms with Gasteiger partial charge >= 0.3 is 0 Å². The number of likely N-dealkylation sites (tertiary alicyclic amines) is 1. The Morgan fingerprint density at radius 2 is 1.79 bits per heavy atom. The molecule has 0 saturated carbocycles. The Kier molecular flexibility index (Phi) is 3.94. The normalized spacial score (nSPS) is 20.3. The van der Waals surface area contributed by atoms with Gasteiger partial charge in [0.25, 0.3) is 0 Å². The Balaban J connectivity index is 2.38. The maximum absolute atomic E-state index is 11.9. The van der Waals surface area contributed by atoms with Crippen LogP contribution in [0.1, 0.15) is 25.7 Å². The molecule has 2 rings (SSSR count). The lowest BCUT2D eigenvalue weighted by molar-refractivity contribution is -0.142. The van der Waals surface area contributed by atoms with Gasteiger partial charge in [-0.2, -0.15) is 9.98 Å². The van der Waals surface area contributed by atoms with Crippen LogP contribution >= 0.6 is 0 Å². The van der Waals surface area contributed by atoms with Gasteiger partial charge < -0.3 is 9.47 Å². The van der Waals surface area contributed by atoms with Crippen molar-refractivity contribution in [3.63, 3.8) is 0 Å². The van der Waals surface area contributed by atoms with Crippen LogP contribution in [-0.4, -0.2) is 42.8 Å². The predicted molar refractivity (Wildman–Crippen MR) is 67.3 cm³/mol. The van der Waals surface area contributed by atoms with E-state index in [0.717, 1.165) is 4.90 Å². The summed E-state index contributed by atoms with van der Waals surface area (Å²) in [5, 5.41) is 0. The van der Waals surface area contributed by atoms with Crippen molar-refractivity contribution in [2.24, 2.45) is 9.98 Å². The summed E-state index contributed by atoms with van der Waals surface area (Å²) in [6.07, 6.45) is 3.26. The van der Waals surface area contributed by atoms with E-state index >= 15 is 0 Å². The molecular weight excluding hydrogens is 250 g/mol. The van der Waals surface area contributed by atoms with Gasteiger partial charge in [0.1, 0.15) is 0 Å². The van der Waals surface area contributed by atoms with Crippen LogP contribution in [0.25, 0.3) is 0 Å². The van der Waals surface area contributed by atoms with Gasteiger partial charge in [-0.15, -0.1) is 0 Å². The number of guanidine groups is 1. The number of rotatable bonds is 1. The molecule has 0 bridgehead atoms. The highest BCUT2D eigenvalue weighted by Crippen LogP contribution is 2.17. The predicted octanol–water partition coefficient (Wildman–Crippen LogP) is 0.818. The molecule has 0 unspecified atom stereocenters. The number of ether oxygens (including phenoxy) is 2. The van der Waals surface area contributed by atoms with Crippen LogP contribution in [-0.2, 0) is 19.1 Å². The highest BCUT2D eigenvalue weighted by Gasteiger charge is 2.31. The molecule has 0 aliphatic carbocycles. The van der Waals surface area contributed by atoms with Crippen molar-refractivity contribution in [1.29, 1.82) is 0 Å². The van der Waals surface area contributed by atoms with Gasteiger partial charge in [0.2, 0.25) is 23.7 Å². The van der Waals surface area contributed by atoms with Crippen molar-refractivity contribution in [2.45, 2.75) is 25.7 Å². The molecular formula is C12H15N3O4. The van der Waals surface area contributed by atoms with Gasteiger partial charge in [0.05, 0.1) is 14.2 Å². The lowest BCUT2D eigenvalue weighted by Gasteiger charge is -2.23. The molecule has 0 aromatic heterocycles. The highest BCUT2D eigenvalue weighted by atomic mass is 16.5. The lowest BCUT2D eigenvalue weighted by Crippen LogP contribution is -2.44. The third kappa shape index (κ3) is 2.81. The molecule has 7 nitrogen and oxygen atoms in total. The molecule has 19 heavy (non-hydrogen) atoms. The molecule has 0 spiro atoms. The molecule has 2 amide bonds. The average Bonchev–Trinajstić information content (AvgIpc) is 2.60. The van der Waals surface area contributed by atoms with E-state index in [0.29, 0.717) is 37.5 Å². The van der Waals surface area contributed by atoms with Crippen LogP contribution in [0, 0.1) is 0 Å². The molecule has 2 aliphatic rings. The fourth-order valence-corrected chi connectivity index (χ4v) is 1.84. The van der Waals surface area contributed by atoms with Crippen molar-refractivity contribution in [3.05, 3.63) is 12.0 Å². The Hall–Kier alpha value is -2.18. The minimum absolute atomic E-state index is 0.0113. The van der Waals surface area contributed by atoms with Gasteiger partial charge in [-0.25, -0.2) is 4.90 Å². The minimum atomic E-state index is -0.299. The van der Waals surface area contributed by atoms with Crippen LogP contribution in [0.5, 0.6) is 0 Å². The second kappa shape index (κ2) is 5.64. The second-order valence-corrected chi connectivity index (χ2v) is 4.05. The molecule has 0 aromatic rings. The van der Waals surface area contributed by atoms with Crippen molar-refractivity contribution >= 4 is 23.7 Å². The first-order chi connectivity index (χ1) is 9.15. The zero-order valence-corrected chi connectivity index (χ0v) is 10.9. The first-order valence-electron chi connectivity index (χ1n) is 5.96. The quantitative estimate of drug-likeness (QED) is 0.657. The smallest absolute Gasteiger partial charge is 0.245 e. The van der Waals surface area contributed by atoms with E-state index < -0.39 is 0 Å². The van der Waals surface area contributed by atoms with Crippen LogP contribution in [0.3, 0.4) is 0 Å². The average molecular weight is 265 g/mol. The van der Waals surface area contributed by atoms with Crippen molar-refractivity contribution in [2.75, 3.05) is 14.2 Å². The molecule has 1 fully saturated rings. The third-order valence-electron chi connectivity index (χ3n) is 2.81. The Morgan fingerprint density at radius 1 is 1.11 bits per heavy atom. The largest absolute Gasteiger partial charge is 0.484 e. The van der Waals surface area contributed by atoms with Gasteiger partial charge in [-0.05, 0) is 12.5 Å². The summed E-state index contributed by atoms with van der Waals surface area (Å²) in [6, 6.07) is 0. The number of piperidine rings is 1. The van der Waals surface area contributed by atoms with Crippen molar-refractivity contribution in [1.82, 2.24) is 4.90 Å². The minimum Gasteiger partial charge on any atom is -0.484 e. The summed E-state index contributed by atoms with van der Waals surface area (Å²) in [6.45, 7) is 0. The van der Waals surface area contributed by atoms with E-state index in [1.165, 1.54) is 14.2 Å². The maximum Gasteiger partial charge on any atom is 0.245 e. The van der Waals surface area contributed by atoms with Crippen LogP contribution < -0.4 is 0 Å². The zero-order valence-electron chi connectivity index (χ0n) is 10.9.